The zero-order valence-corrected chi connectivity index (χ0v) is 13.5. The van der Waals surface area contributed by atoms with E-state index in [4.69, 9.17) is 0 Å². The Hall–Kier alpha value is -2.32. The van der Waals surface area contributed by atoms with E-state index in [1.807, 2.05) is 6.07 Å². The Kier molecular flexibility index (Phi) is 4.86. The summed E-state index contributed by atoms with van der Waals surface area (Å²) in [5, 5.41) is 18.8. The van der Waals surface area contributed by atoms with Gasteiger partial charge in [0.25, 0.3) is 0 Å². The van der Waals surface area contributed by atoms with E-state index < -0.39 is 17.7 Å². The first-order valence-electron chi connectivity index (χ1n) is 7.12. The van der Waals surface area contributed by atoms with Crippen molar-refractivity contribution >= 4 is 11.8 Å². The number of hydrogen-bond donors (Lipinski definition) is 1. The number of rotatable bonds is 5. The standard InChI is InChI=1S/C16H14F2N4OS/c1-22-15(10-3-2-6-19-8-10)20-21-16(22)24-9-14(23)12-7-11(17)4-5-13(12)18/h2-8,14,23H,9H2,1H3. The van der Waals surface area contributed by atoms with Crippen LogP contribution in [0.1, 0.15) is 11.7 Å². The van der Waals surface area contributed by atoms with Crippen LogP contribution in [0.5, 0.6) is 0 Å². The molecule has 0 aliphatic rings. The van der Waals surface area contributed by atoms with E-state index in [0.717, 1.165) is 23.8 Å². The monoisotopic (exact) mass is 348 g/mol. The molecule has 8 heteroatoms. The van der Waals surface area contributed by atoms with E-state index in [-0.39, 0.29) is 11.3 Å². The first-order chi connectivity index (χ1) is 11.6. The summed E-state index contributed by atoms with van der Waals surface area (Å²) in [7, 11) is 1.79. The van der Waals surface area contributed by atoms with Crippen LogP contribution >= 0.6 is 11.8 Å². The van der Waals surface area contributed by atoms with Gasteiger partial charge in [-0.05, 0) is 30.3 Å². The van der Waals surface area contributed by atoms with Gasteiger partial charge in [0.2, 0.25) is 0 Å². The lowest BCUT2D eigenvalue weighted by atomic mass is 10.1. The van der Waals surface area contributed by atoms with E-state index in [0.29, 0.717) is 11.0 Å². The predicted molar refractivity (Wildman–Crippen MR) is 86.3 cm³/mol. The van der Waals surface area contributed by atoms with Gasteiger partial charge in [0.15, 0.2) is 11.0 Å². The van der Waals surface area contributed by atoms with Crippen molar-refractivity contribution in [2.24, 2.45) is 7.05 Å². The fourth-order valence-electron chi connectivity index (χ4n) is 2.20. The quantitative estimate of drug-likeness (QED) is 0.718. The number of aliphatic hydroxyl groups is 1. The van der Waals surface area contributed by atoms with Crippen LogP contribution in [-0.2, 0) is 7.05 Å². The number of benzene rings is 1. The van der Waals surface area contributed by atoms with E-state index in [1.165, 1.54) is 11.8 Å². The van der Waals surface area contributed by atoms with Gasteiger partial charge < -0.3 is 9.67 Å². The Bertz CT molecular complexity index is 841. The van der Waals surface area contributed by atoms with Crippen LogP contribution in [0.2, 0.25) is 0 Å². The molecule has 3 rings (SSSR count). The smallest absolute Gasteiger partial charge is 0.191 e. The van der Waals surface area contributed by atoms with Crippen LogP contribution < -0.4 is 0 Å². The van der Waals surface area contributed by atoms with Crippen molar-refractivity contribution in [1.29, 1.82) is 0 Å². The molecule has 0 bridgehead atoms. The number of nitrogens with zero attached hydrogens (tertiary/aromatic N) is 4. The highest BCUT2D eigenvalue weighted by molar-refractivity contribution is 7.99. The molecule has 1 unspecified atom stereocenters. The molecule has 5 nitrogen and oxygen atoms in total. The summed E-state index contributed by atoms with van der Waals surface area (Å²) in [4.78, 5) is 4.04. The van der Waals surface area contributed by atoms with Crippen LogP contribution in [-0.4, -0.2) is 30.6 Å². The van der Waals surface area contributed by atoms with Crippen LogP contribution in [0.25, 0.3) is 11.4 Å². The van der Waals surface area contributed by atoms with Crippen LogP contribution in [0.3, 0.4) is 0 Å². The Balaban J connectivity index is 1.73. The molecule has 0 amide bonds. The Labute approximate surface area is 141 Å². The van der Waals surface area contributed by atoms with Crippen molar-refractivity contribution in [2.75, 3.05) is 5.75 Å². The van der Waals surface area contributed by atoms with Crippen molar-refractivity contribution in [3.05, 3.63) is 59.9 Å². The summed E-state index contributed by atoms with van der Waals surface area (Å²) in [5.74, 6) is -0.470. The molecule has 24 heavy (non-hydrogen) atoms. The van der Waals surface area contributed by atoms with E-state index in [2.05, 4.69) is 15.2 Å². The average Bonchev–Trinajstić information content (AvgIpc) is 2.96. The minimum atomic E-state index is -1.15. The third-order valence-electron chi connectivity index (χ3n) is 3.44. The summed E-state index contributed by atoms with van der Waals surface area (Å²) in [6.07, 6.45) is 2.19. The van der Waals surface area contributed by atoms with Gasteiger partial charge >= 0.3 is 0 Å². The van der Waals surface area contributed by atoms with Crippen LogP contribution in [0.4, 0.5) is 8.78 Å². The Morgan fingerprint density at radius 3 is 2.83 bits per heavy atom. The normalized spacial score (nSPS) is 12.3. The molecular weight excluding hydrogens is 334 g/mol. The summed E-state index contributed by atoms with van der Waals surface area (Å²) in [6.45, 7) is 0. The van der Waals surface area contributed by atoms with Gasteiger partial charge in [0, 0.05) is 36.3 Å². The second-order valence-corrected chi connectivity index (χ2v) is 6.09. The molecule has 0 aliphatic heterocycles. The van der Waals surface area contributed by atoms with Crippen LogP contribution in [0.15, 0.2) is 47.9 Å². The minimum Gasteiger partial charge on any atom is -0.387 e. The van der Waals surface area contributed by atoms with E-state index >= 15 is 0 Å². The molecule has 0 saturated carbocycles. The first kappa shape index (κ1) is 16.5. The number of aromatic nitrogens is 4. The highest BCUT2D eigenvalue weighted by Crippen LogP contribution is 2.27. The highest BCUT2D eigenvalue weighted by atomic mass is 32.2. The van der Waals surface area contributed by atoms with Crippen molar-refractivity contribution in [3.63, 3.8) is 0 Å². The second-order valence-electron chi connectivity index (χ2n) is 5.10. The van der Waals surface area contributed by atoms with Crippen LogP contribution in [0, 0.1) is 11.6 Å². The lowest BCUT2D eigenvalue weighted by Crippen LogP contribution is -2.05. The zero-order valence-electron chi connectivity index (χ0n) is 12.7. The molecule has 124 valence electrons. The van der Waals surface area contributed by atoms with Crippen molar-refractivity contribution in [2.45, 2.75) is 11.3 Å². The molecule has 0 fully saturated rings. The Morgan fingerprint density at radius 2 is 2.08 bits per heavy atom. The summed E-state index contributed by atoms with van der Waals surface area (Å²) in [6, 6.07) is 6.68. The van der Waals surface area contributed by atoms with Crippen molar-refractivity contribution in [3.8, 4) is 11.4 Å². The van der Waals surface area contributed by atoms with Gasteiger partial charge in [-0.15, -0.1) is 10.2 Å². The number of aliphatic hydroxyl groups excluding tert-OH is 1. The number of thioether (sulfide) groups is 1. The lowest BCUT2D eigenvalue weighted by molar-refractivity contribution is 0.198. The van der Waals surface area contributed by atoms with Crippen molar-refractivity contribution < 1.29 is 13.9 Å². The molecule has 1 aromatic carbocycles. The zero-order chi connectivity index (χ0) is 17.1. The SMILES string of the molecule is Cn1c(SCC(O)c2cc(F)ccc2F)nnc1-c1cccnc1. The molecule has 0 saturated heterocycles. The fourth-order valence-corrected chi connectivity index (χ4v) is 3.07. The van der Waals surface area contributed by atoms with E-state index in [1.54, 1.807) is 30.1 Å². The van der Waals surface area contributed by atoms with Gasteiger partial charge in [-0.3, -0.25) is 4.98 Å². The van der Waals surface area contributed by atoms with Gasteiger partial charge in [-0.2, -0.15) is 0 Å². The second kappa shape index (κ2) is 7.06. The maximum atomic E-state index is 13.7. The first-order valence-corrected chi connectivity index (χ1v) is 8.10. The molecule has 2 heterocycles. The molecule has 2 aromatic heterocycles. The average molecular weight is 348 g/mol. The summed E-state index contributed by atoms with van der Waals surface area (Å²) < 4.78 is 28.6. The number of hydrogen-bond acceptors (Lipinski definition) is 5. The summed E-state index contributed by atoms with van der Waals surface area (Å²) >= 11 is 1.21. The number of pyridine rings is 1. The minimum absolute atomic E-state index is 0.0721. The molecule has 3 aromatic rings. The van der Waals surface area contributed by atoms with Gasteiger partial charge in [-0.25, -0.2) is 8.78 Å². The molecule has 1 N–H and O–H groups in total. The number of halogens is 2. The van der Waals surface area contributed by atoms with Crippen molar-refractivity contribution in [1.82, 2.24) is 19.7 Å². The maximum absolute atomic E-state index is 13.7. The topological polar surface area (TPSA) is 63.8 Å². The molecular formula is C16H14F2N4OS. The predicted octanol–water partition coefficient (Wildman–Crippen LogP) is 2.98. The molecule has 0 radical (unpaired) electrons. The maximum Gasteiger partial charge on any atom is 0.191 e. The third-order valence-corrected chi connectivity index (χ3v) is 4.54. The fraction of sp³-hybridized carbons (Fsp3) is 0.188. The van der Waals surface area contributed by atoms with Gasteiger partial charge in [-0.1, -0.05) is 11.8 Å². The lowest BCUT2D eigenvalue weighted by Gasteiger charge is -2.11. The third kappa shape index (κ3) is 3.44. The van der Waals surface area contributed by atoms with Gasteiger partial charge in [0.05, 0.1) is 6.10 Å². The summed E-state index contributed by atoms with van der Waals surface area (Å²) in [5.41, 5.74) is 0.744. The van der Waals surface area contributed by atoms with Gasteiger partial charge in [0.1, 0.15) is 11.6 Å². The highest BCUT2D eigenvalue weighted by Gasteiger charge is 2.17. The van der Waals surface area contributed by atoms with E-state index in [9.17, 15) is 13.9 Å². The largest absolute Gasteiger partial charge is 0.387 e. The molecule has 1 atom stereocenters. The Morgan fingerprint density at radius 1 is 1.25 bits per heavy atom. The molecule has 0 spiro atoms. The molecule has 0 aliphatic carbocycles.